The monoisotopic (exact) mass is 870 g/mol. The lowest BCUT2D eigenvalue weighted by Gasteiger charge is -2.38. The van der Waals surface area contributed by atoms with E-state index in [0.717, 1.165) is 11.8 Å². The third-order valence-corrected chi connectivity index (χ3v) is 11.8. The van der Waals surface area contributed by atoms with E-state index in [1.165, 1.54) is 59.6 Å². The molecule has 0 aromatic heterocycles. The number of carbonyl (C=O) groups is 3. The zero-order valence-corrected chi connectivity index (χ0v) is 37.2. The number of fused-ring (bicyclic) bond motifs is 14. The molecule has 63 heavy (non-hydrogen) atoms. The number of Topliss-reactive ketones (excluding diaryl/α,β-unsaturated/α-hetero) is 1. The van der Waals surface area contributed by atoms with Crippen molar-refractivity contribution in [1.82, 2.24) is 4.90 Å². The van der Waals surface area contributed by atoms with Crippen LogP contribution in [0.5, 0.6) is 23.0 Å². The molecule has 0 fully saturated rings. The van der Waals surface area contributed by atoms with Crippen molar-refractivity contribution in [3.8, 4) is 23.0 Å². The van der Waals surface area contributed by atoms with Gasteiger partial charge in [0.25, 0.3) is 11.7 Å². The summed E-state index contributed by atoms with van der Waals surface area (Å²) in [6, 6.07) is 9.63. The number of allylic oxidation sites excluding steroid dienone is 2. The van der Waals surface area contributed by atoms with Gasteiger partial charge in [0.05, 0.1) is 53.0 Å². The molecular weight excluding hydrogens is 813 g/mol. The number of hydrogen-bond acceptors (Lipinski definition) is 14. The summed E-state index contributed by atoms with van der Waals surface area (Å²) in [6.45, 7) is 12.9. The van der Waals surface area contributed by atoms with E-state index in [-0.39, 0.29) is 44.5 Å². The lowest BCUT2D eigenvalue weighted by atomic mass is 9.78. The van der Waals surface area contributed by atoms with Crippen LogP contribution in [0, 0.1) is 30.6 Å². The molecular formula is C47H58N4O12. The van der Waals surface area contributed by atoms with Crippen molar-refractivity contribution in [3.05, 3.63) is 88.7 Å². The van der Waals surface area contributed by atoms with Gasteiger partial charge >= 0.3 is 11.8 Å². The van der Waals surface area contributed by atoms with Crippen molar-refractivity contribution in [1.29, 1.82) is 0 Å². The Hall–Kier alpha value is -6.23. The van der Waals surface area contributed by atoms with Crippen LogP contribution in [0.1, 0.15) is 75.5 Å². The second-order valence-corrected chi connectivity index (χ2v) is 16.5. The van der Waals surface area contributed by atoms with Gasteiger partial charge in [-0.25, -0.2) is 0 Å². The number of carbonyl (C=O) groups excluding carboxylic acids is 3. The van der Waals surface area contributed by atoms with Gasteiger partial charge in [0, 0.05) is 74.7 Å². The number of hydrogen-bond donors (Lipinski definition) is 6. The van der Waals surface area contributed by atoms with E-state index < -0.39 is 88.8 Å². The molecule has 3 heterocycles. The number of amides is 1. The van der Waals surface area contributed by atoms with E-state index >= 15 is 0 Å². The van der Waals surface area contributed by atoms with Gasteiger partial charge in [-0.15, -0.1) is 5.10 Å². The third kappa shape index (κ3) is 10.0. The fourth-order valence-electron chi connectivity index (χ4n) is 7.99. The SMILES string of the molecule is CO[C@H]1/C=C/O[C@@]2(C)Oc3c(C)c(O)c4c(O)c(c(/C=N/N=C/N(C)Cc5ccccc5)c(O)c4c3C2=O)NC(=O)/C(C)=C\C=C\[C@H](C)[C@H](O)[C@@H](C)[C@@H](O)[C@@H](C)[C@H](OC(C)=O)[C@@H]1C. The summed E-state index contributed by atoms with van der Waals surface area (Å²) < 4.78 is 23.6. The number of aromatic hydroxyl groups is 3. The number of rotatable bonds is 7. The van der Waals surface area contributed by atoms with Gasteiger partial charge in [0.1, 0.15) is 29.7 Å². The zero-order chi connectivity index (χ0) is 46.5. The number of esters is 1. The number of ether oxygens (including phenoxy) is 4. The highest BCUT2D eigenvalue weighted by Gasteiger charge is 2.50. The molecule has 0 unspecified atom stereocenters. The number of phenols is 3. The van der Waals surface area contributed by atoms with E-state index in [0.29, 0.717) is 6.54 Å². The summed E-state index contributed by atoms with van der Waals surface area (Å²) in [6.07, 6.45) is 5.95. The molecule has 5 bridgehead atoms. The molecule has 1 amide bonds. The number of phenolic OH excluding ortho intramolecular Hbond substituents is 3. The molecule has 3 aliphatic heterocycles. The van der Waals surface area contributed by atoms with Crippen molar-refractivity contribution in [2.24, 2.45) is 33.9 Å². The van der Waals surface area contributed by atoms with E-state index in [9.17, 15) is 39.9 Å². The van der Waals surface area contributed by atoms with Crippen LogP contribution in [0.2, 0.25) is 0 Å². The zero-order valence-electron chi connectivity index (χ0n) is 37.2. The van der Waals surface area contributed by atoms with Crippen LogP contribution in [-0.2, 0) is 30.3 Å². The fraction of sp³-hybridized carbons (Fsp3) is 0.426. The van der Waals surface area contributed by atoms with Gasteiger partial charge in [0.2, 0.25) is 0 Å². The third-order valence-electron chi connectivity index (χ3n) is 11.8. The van der Waals surface area contributed by atoms with Crippen molar-refractivity contribution >= 4 is 46.7 Å². The van der Waals surface area contributed by atoms with Crippen molar-refractivity contribution in [2.75, 3.05) is 19.5 Å². The number of ketones is 1. The van der Waals surface area contributed by atoms with Crippen LogP contribution in [-0.4, -0.2) is 105 Å². The summed E-state index contributed by atoms with van der Waals surface area (Å²) in [5.41, 5.74) is 0.359. The molecule has 6 rings (SSSR count). The predicted octanol–water partition coefficient (Wildman–Crippen LogP) is 6.25. The Kier molecular flexibility index (Phi) is 15.1. The van der Waals surface area contributed by atoms with Gasteiger partial charge in [-0.05, 0) is 25.5 Å². The number of anilines is 1. The first-order chi connectivity index (χ1) is 29.7. The summed E-state index contributed by atoms with van der Waals surface area (Å²) in [5.74, 6) is -8.74. The minimum absolute atomic E-state index is 0.0269. The molecule has 0 saturated carbocycles. The highest BCUT2D eigenvalue weighted by Crippen LogP contribution is 2.55. The number of methoxy groups -OCH3 is 1. The van der Waals surface area contributed by atoms with Crippen molar-refractivity contribution < 1.29 is 58.9 Å². The molecule has 0 radical (unpaired) electrons. The average molecular weight is 871 g/mol. The van der Waals surface area contributed by atoms with Gasteiger partial charge in [-0.3, -0.25) is 14.4 Å². The van der Waals surface area contributed by atoms with Gasteiger partial charge in [0.15, 0.2) is 5.75 Å². The van der Waals surface area contributed by atoms with Crippen LogP contribution in [0.15, 0.2) is 76.7 Å². The van der Waals surface area contributed by atoms with Crippen LogP contribution in [0.25, 0.3) is 10.8 Å². The highest BCUT2D eigenvalue weighted by molar-refractivity contribution is 6.23. The van der Waals surface area contributed by atoms with Gasteiger partial charge < -0.3 is 54.7 Å². The van der Waals surface area contributed by atoms with E-state index in [1.807, 2.05) is 30.3 Å². The molecule has 0 aliphatic carbocycles. The molecule has 9 atom stereocenters. The number of nitrogens with one attached hydrogen (secondary N) is 1. The molecule has 3 aromatic rings. The maximum atomic E-state index is 14.5. The second-order valence-electron chi connectivity index (χ2n) is 16.5. The Morgan fingerprint density at radius 1 is 0.937 bits per heavy atom. The Bertz CT molecular complexity index is 2360. The summed E-state index contributed by atoms with van der Waals surface area (Å²) in [5, 5.41) is 68.7. The average Bonchev–Trinajstić information content (AvgIpc) is 3.51. The van der Waals surface area contributed by atoms with Crippen LogP contribution in [0.4, 0.5) is 5.69 Å². The van der Waals surface area contributed by atoms with Crippen molar-refractivity contribution in [3.63, 3.8) is 0 Å². The van der Waals surface area contributed by atoms with E-state index in [2.05, 4.69) is 15.5 Å². The summed E-state index contributed by atoms with van der Waals surface area (Å²) in [4.78, 5) is 42.3. The molecule has 6 N–H and O–H groups in total. The van der Waals surface area contributed by atoms with Crippen molar-refractivity contribution in [2.45, 2.75) is 92.1 Å². The quantitative estimate of drug-likeness (QED) is 0.0386. The number of benzene rings is 3. The Balaban J connectivity index is 1.68. The smallest absolute Gasteiger partial charge is 0.312 e. The lowest BCUT2D eigenvalue weighted by molar-refractivity contribution is -0.160. The van der Waals surface area contributed by atoms with E-state index in [1.54, 1.807) is 51.8 Å². The molecule has 16 heteroatoms. The first kappa shape index (κ1) is 47.8. The molecule has 16 nitrogen and oxygen atoms in total. The van der Waals surface area contributed by atoms with Gasteiger partial charge in [-0.2, -0.15) is 5.10 Å². The normalized spacial score (nSPS) is 29.0. The molecule has 0 spiro atoms. The van der Waals surface area contributed by atoms with Crippen LogP contribution in [0.3, 0.4) is 0 Å². The number of aliphatic hydroxyl groups excluding tert-OH is 2. The lowest BCUT2D eigenvalue weighted by Crippen LogP contribution is -2.46. The fourth-order valence-corrected chi connectivity index (χ4v) is 7.99. The molecule has 3 aromatic carbocycles. The van der Waals surface area contributed by atoms with Crippen LogP contribution < -0.4 is 10.1 Å². The minimum atomic E-state index is -2.08. The Morgan fingerprint density at radius 3 is 2.27 bits per heavy atom. The Labute approximate surface area is 366 Å². The predicted molar refractivity (Wildman–Crippen MR) is 238 cm³/mol. The first-order valence-corrected chi connectivity index (χ1v) is 20.6. The summed E-state index contributed by atoms with van der Waals surface area (Å²) >= 11 is 0. The summed E-state index contributed by atoms with van der Waals surface area (Å²) in [7, 11) is 3.21. The second kappa shape index (κ2) is 19.9. The standard InChI is InChI=1S/C47H58N4O12/c1-24-15-14-16-25(2)46(59)50-37-32(21-48-49-23-51(9)22-31-17-12-11-13-18-31)41(56)34-35(42(37)57)40(55)29(6)44-36(34)45(58)47(8,63-44)61-20-19-33(60-10)26(3)43(62-30(7)52)28(5)39(54)27(4)38(24)53/h11-21,23-24,26-28,33,38-39,43,53-57H,22H2,1-10H3,(H,50,59)/b15-14+,20-19+,25-16-,48-21+,49-23+/t24-,26+,27+,28+,33-,38-,39+,43+,47-/m0/s1. The highest BCUT2D eigenvalue weighted by atomic mass is 16.7. The van der Waals surface area contributed by atoms with E-state index in [4.69, 9.17) is 18.9 Å². The maximum Gasteiger partial charge on any atom is 0.312 e. The largest absolute Gasteiger partial charge is 0.507 e. The minimum Gasteiger partial charge on any atom is -0.507 e. The first-order valence-electron chi connectivity index (χ1n) is 20.6. The van der Waals surface area contributed by atoms with Crippen LogP contribution >= 0.6 is 0 Å². The number of nitrogens with zero attached hydrogens (tertiary/aromatic N) is 3. The number of aliphatic hydroxyl groups is 2. The van der Waals surface area contributed by atoms with Gasteiger partial charge in [-0.1, -0.05) is 76.3 Å². The molecule has 338 valence electrons. The Morgan fingerprint density at radius 2 is 1.62 bits per heavy atom. The maximum absolute atomic E-state index is 14.5. The molecule has 3 aliphatic rings. The molecule has 0 saturated heterocycles. The topological polar surface area (TPSA) is 229 Å².